The summed E-state index contributed by atoms with van der Waals surface area (Å²) in [5, 5.41) is 3.41. The Morgan fingerprint density at radius 1 is 0.415 bits per heavy atom. The number of morpholine rings is 3. The minimum absolute atomic E-state index is 0. The molecule has 578 valence electrons. The zero-order chi connectivity index (χ0) is 72.3. The summed E-state index contributed by atoms with van der Waals surface area (Å²) in [7, 11) is -8.73. The van der Waals surface area contributed by atoms with Crippen molar-refractivity contribution in [1.82, 2.24) is 104 Å². The molecule has 6 aliphatic rings. The lowest BCUT2D eigenvalue weighted by molar-refractivity contribution is 0.122. The highest BCUT2D eigenvalue weighted by Crippen LogP contribution is 2.35. The number of nitrogen functional groups attached to an aromatic ring is 3. The molecule has 0 aliphatic carbocycles. The third-order valence-electron chi connectivity index (χ3n) is 18.6. The predicted molar refractivity (Wildman–Crippen MR) is 413 cm³/mol. The molecule has 0 spiro atoms. The third kappa shape index (κ3) is 21.5. The van der Waals surface area contributed by atoms with Crippen molar-refractivity contribution in [2.75, 3.05) is 205 Å². The summed E-state index contributed by atoms with van der Waals surface area (Å²) < 4.78 is 89.3. The first kappa shape index (κ1) is 82.2. The molecule has 6 saturated heterocycles. The Bertz CT molecular complexity index is 4470. The van der Waals surface area contributed by atoms with Gasteiger partial charge in [-0.1, -0.05) is 7.43 Å². The first-order valence-electron chi connectivity index (χ1n) is 34.3. The van der Waals surface area contributed by atoms with E-state index in [9.17, 15) is 25.3 Å². The van der Waals surface area contributed by atoms with Crippen LogP contribution in [0.4, 0.5) is 35.7 Å². The lowest BCUT2D eigenvalue weighted by atomic mass is 10.0. The lowest BCUT2D eigenvalue weighted by Gasteiger charge is -2.32. The van der Waals surface area contributed by atoms with E-state index >= 15 is 0 Å². The molecule has 0 saturated carbocycles. The molecule has 106 heavy (non-hydrogen) atoms. The van der Waals surface area contributed by atoms with Crippen LogP contribution in [0, 0.1) is 0 Å². The Balaban J connectivity index is 0.000000174. The van der Waals surface area contributed by atoms with Crippen molar-refractivity contribution < 1.29 is 39.5 Å². The molecule has 9 aromatic heterocycles. The van der Waals surface area contributed by atoms with E-state index in [1.807, 2.05) is 19.0 Å². The average Bonchev–Trinajstić information content (AvgIpc) is 1.57. The number of hydrogen-bond donors (Lipinski definition) is 4. The number of sulfone groups is 3. The number of hydrogen-bond acceptors (Lipinski definition) is 33. The monoisotopic (exact) mass is 1590 g/mol. The molecule has 9 aromatic rings. The number of imidazole rings is 3. The molecule has 15 rings (SSSR count). The minimum atomic E-state index is -2.96. The van der Waals surface area contributed by atoms with Crippen molar-refractivity contribution in [1.29, 1.82) is 0 Å². The number of nitrogens with two attached hydrogens (primary N) is 3. The molecule has 42 heteroatoms. The Kier molecular flexibility index (Phi) is 29.0. The van der Waals surface area contributed by atoms with Crippen molar-refractivity contribution in [2.24, 2.45) is 0 Å². The Labute approximate surface area is 633 Å². The van der Waals surface area contributed by atoms with Crippen LogP contribution < -0.4 is 37.2 Å². The maximum Gasteiger partial charge on any atom is 0.228 e. The van der Waals surface area contributed by atoms with Gasteiger partial charge in [0.25, 0.3) is 0 Å². The van der Waals surface area contributed by atoms with Gasteiger partial charge in [0, 0.05) is 175 Å². The number of rotatable bonds is 17. The van der Waals surface area contributed by atoms with Gasteiger partial charge in [-0.15, -0.1) is 36.4 Å². The molecule has 7 N–H and O–H groups in total. The fraction of sp³-hybridized carbons (Fsp3) is 0.578. The summed E-state index contributed by atoms with van der Waals surface area (Å²) in [5.74, 6) is 3.26. The maximum atomic E-state index is 11.5. The van der Waals surface area contributed by atoms with Crippen LogP contribution in [-0.4, -0.2) is 297 Å². The number of likely N-dealkylation sites (tertiary alicyclic amines) is 2. The molecule has 15 heterocycles. The van der Waals surface area contributed by atoms with Gasteiger partial charge in [-0.3, -0.25) is 0 Å². The number of halogens is 3. The van der Waals surface area contributed by atoms with Crippen molar-refractivity contribution in [2.45, 2.75) is 64.1 Å². The van der Waals surface area contributed by atoms with E-state index < -0.39 is 29.5 Å². The quantitative estimate of drug-likeness (QED) is 0.0951. The highest BCUT2D eigenvalue weighted by atomic mass is 35.5. The Morgan fingerprint density at radius 2 is 0.689 bits per heavy atom. The van der Waals surface area contributed by atoms with Gasteiger partial charge in [-0.05, 0) is 51.6 Å². The average molecular weight is 1590 g/mol. The van der Waals surface area contributed by atoms with Crippen LogP contribution in [0.2, 0.25) is 0 Å². The summed E-state index contributed by atoms with van der Waals surface area (Å²) in [6, 6.07) is 0.832. The van der Waals surface area contributed by atoms with Gasteiger partial charge >= 0.3 is 0 Å². The summed E-state index contributed by atoms with van der Waals surface area (Å²) in [6.07, 6.45) is 25.0. The van der Waals surface area contributed by atoms with Crippen molar-refractivity contribution in [3.63, 3.8) is 0 Å². The Hall–Kier alpha value is -7.83. The SMILES string of the molecule is C.CS(=O)(=O)CCCl.CS(=O)(=O)CCN1CCC(n2cnc3c(-c4cnc(N)nc4)nc(N4CCOCC4)nc32)CC1.CS(=O)(=O)CCN1CCC(n2cnc3c(-c4cnc(N)nc4)nc(N4CCOCC4)nc32)CC1.Cl.Cl.Nc1ncc(-c2nc(N3CCOCC3)nc3c2ncn3C2CCNCC2)cn1. The maximum absolute atomic E-state index is 11.5. The second kappa shape index (κ2) is 37.3. The molecule has 0 radical (unpaired) electrons. The molecule has 0 unspecified atom stereocenters. The highest BCUT2D eigenvalue weighted by Gasteiger charge is 2.30. The summed E-state index contributed by atoms with van der Waals surface area (Å²) in [6.45, 7) is 14.8. The number of aromatic nitrogens is 18. The number of nitrogens with zero attached hydrogens (tertiary/aromatic N) is 23. The van der Waals surface area contributed by atoms with E-state index in [1.54, 1.807) is 37.2 Å². The number of alkyl halides is 1. The van der Waals surface area contributed by atoms with Crippen LogP contribution in [0.1, 0.15) is 64.1 Å². The van der Waals surface area contributed by atoms with Gasteiger partial charge in [0.05, 0.1) is 75.9 Å². The van der Waals surface area contributed by atoms with Crippen molar-refractivity contribution in [3.8, 4) is 33.8 Å². The van der Waals surface area contributed by atoms with Crippen LogP contribution >= 0.6 is 36.4 Å². The van der Waals surface area contributed by atoms with E-state index in [2.05, 4.69) is 88.4 Å². The van der Waals surface area contributed by atoms with E-state index in [4.69, 9.17) is 72.9 Å². The largest absolute Gasteiger partial charge is 0.378 e. The summed E-state index contributed by atoms with van der Waals surface area (Å²) >= 11 is 5.11. The zero-order valence-electron chi connectivity index (χ0n) is 58.8. The van der Waals surface area contributed by atoms with Gasteiger partial charge in [-0.2, -0.15) is 15.0 Å². The van der Waals surface area contributed by atoms with Crippen molar-refractivity contribution >= 4 is 135 Å². The van der Waals surface area contributed by atoms with Crippen LogP contribution in [0.15, 0.2) is 56.2 Å². The van der Waals surface area contributed by atoms with E-state index in [1.165, 1.54) is 12.5 Å². The predicted octanol–water partition coefficient (Wildman–Crippen LogP) is 3.14. The number of piperidine rings is 3. The molecule has 0 atom stereocenters. The topological polar surface area (TPSA) is 445 Å². The fourth-order valence-corrected chi connectivity index (χ4v) is 15.2. The summed E-state index contributed by atoms with van der Waals surface area (Å²) in [4.78, 5) is 78.9. The Morgan fingerprint density at radius 3 is 0.943 bits per heavy atom. The highest BCUT2D eigenvalue weighted by molar-refractivity contribution is 7.91. The van der Waals surface area contributed by atoms with E-state index in [0.717, 1.165) is 168 Å². The van der Waals surface area contributed by atoms with Crippen molar-refractivity contribution in [3.05, 3.63) is 56.2 Å². The minimum Gasteiger partial charge on any atom is -0.378 e. The molecule has 6 aliphatic heterocycles. The number of anilines is 6. The number of ether oxygens (including phenoxy) is 3. The third-order valence-corrected chi connectivity index (χ3v) is 21.8. The number of fused-ring (bicyclic) bond motifs is 3. The first-order valence-corrected chi connectivity index (χ1v) is 41.0. The van der Waals surface area contributed by atoms with Gasteiger partial charge in [0.2, 0.25) is 35.7 Å². The lowest BCUT2D eigenvalue weighted by Crippen LogP contribution is -2.38. The molecule has 0 amide bonds. The van der Waals surface area contributed by atoms with Crippen LogP contribution in [0.3, 0.4) is 0 Å². The normalized spacial score (nSPS) is 17.6. The van der Waals surface area contributed by atoms with Crippen LogP contribution in [0.25, 0.3) is 67.3 Å². The molecule has 0 bridgehead atoms. The summed E-state index contributed by atoms with van der Waals surface area (Å²) in [5.41, 5.74) is 26.0. The smallest absolute Gasteiger partial charge is 0.228 e. The van der Waals surface area contributed by atoms with Gasteiger partial charge in [-0.25, -0.2) is 85.1 Å². The number of nitrogens with one attached hydrogen (secondary N) is 1. The molecular formula is C64H94Cl3N27O9S3. The molecule has 6 fully saturated rings. The molecular weight excluding hydrogens is 1490 g/mol. The second-order valence-electron chi connectivity index (χ2n) is 26.1. The second-order valence-corrected chi connectivity index (χ2v) is 33.2. The first-order chi connectivity index (χ1) is 49.6. The van der Waals surface area contributed by atoms with Gasteiger partial charge in [0.1, 0.15) is 63.1 Å². The van der Waals surface area contributed by atoms with Crippen LogP contribution in [0.5, 0.6) is 0 Å². The van der Waals surface area contributed by atoms with Gasteiger partial charge in [0.15, 0.2) is 16.9 Å². The standard InChI is InChI=1S/2C21H29N9O3S.C18H23N9O.C3H7ClO2S.CH4.2ClH/c2*1-34(31,32)11-8-28-4-2-16(3-5-28)30-14-25-18-17(15-12-23-20(22)24-13-15)26-21(27-19(18)30)29-6-9-33-10-7-29;19-17-21-9-12(10-22-17)14-15-16(25-18(24-14)26-5-7-28-8-6-26)27(11-23-15)13-1-3-20-4-2-13;1-7(5,6)3-2-4;;;/h2*12-14,16H,2-11H2,1H3,(H2,22,23,24);9-11,13,20H,1-8H2,(H2,19,21,22);2-3H2,1H3;1H4;2*1H. The molecule has 0 aromatic carbocycles. The van der Waals surface area contributed by atoms with E-state index in [0.29, 0.717) is 99.0 Å². The fourth-order valence-electron chi connectivity index (χ4n) is 12.9. The molecule has 36 nitrogen and oxygen atoms in total. The van der Waals surface area contributed by atoms with E-state index in [-0.39, 0.29) is 85.3 Å². The zero-order valence-corrected chi connectivity index (χ0v) is 63.6. The van der Waals surface area contributed by atoms with Gasteiger partial charge < -0.3 is 74.9 Å². The van der Waals surface area contributed by atoms with Crippen LogP contribution in [-0.2, 0) is 43.7 Å².